The number of nitrogens with one attached hydrogen (secondary N) is 2. The van der Waals surface area contributed by atoms with Crippen molar-refractivity contribution in [3.63, 3.8) is 0 Å². The van der Waals surface area contributed by atoms with E-state index in [1.54, 1.807) is 0 Å². The predicted octanol–water partition coefficient (Wildman–Crippen LogP) is -1.50. The van der Waals surface area contributed by atoms with Crippen LogP contribution in [-0.4, -0.2) is 54.8 Å². The van der Waals surface area contributed by atoms with E-state index in [4.69, 9.17) is 10.2 Å². The molecule has 1 aromatic heterocycles. The van der Waals surface area contributed by atoms with Gasteiger partial charge in [-0.3, -0.25) is 4.79 Å². The number of aliphatic carboxylic acids is 1. The van der Waals surface area contributed by atoms with Crippen LogP contribution in [0.4, 0.5) is 0 Å². The SMILES string of the molecule is CNS(=O)(=O)c1cc(C(=O)N[C@@H](CCO)C(=O)O)n(C)c1. The minimum Gasteiger partial charge on any atom is -0.480 e. The maximum atomic E-state index is 12.0. The topological polar surface area (TPSA) is 138 Å². The molecule has 0 unspecified atom stereocenters. The molecule has 118 valence electrons. The lowest BCUT2D eigenvalue weighted by Gasteiger charge is -2.13. The summed E-state index contributed by atoms with van der Waals surface area (Å²) in [5.74, 6) is -2.02. The molecule has 0 saturated heterocycles. The summed E-state index contributed by atoms with van der Waals surface area (Å²) in [6, 6.07) is -0.110. The molecule has 0 aliphatic heterocycles. The van der Waals surface area contributed by atoms with Gasteiger partial charge in [-0.15, -0.1) is 0 Å². The average Bonchev–Trinajstić information content (AvgIpc) is 2.81. The normalized spacial score (nSPS) is 12.9. The van der Waals surface area contributed by atoms with Gasteiger partial charge in [0.1, 0.15) is 16.6 Å². The monoisotopic (exact) mass is 319 g/mol. The van der Waals surface area contributed by atoms with Gasteiger partial charge in [-0.2, -0.15) is 0 Å². The van der Waals surface area contributed by atoms with Crippen molar-refractivity contribution in [1.82, 2.24) is 14.6 Å². The van der Waals surface area contributed by atoms with Gasteiger partial charge < -0.3 is 20.1 Å². The molecule has 0 radical (unpaired) electrons. The number of aryl methyl sites for hydroxylation is 1. The number of sulfonamides is 1. The highest BCUT2D eigenvalue weighted by molar-refractivity contribution is 7.89. The molecule has 10 heteroatoms. The Balaban J connectivity index is 3.01. The van der Waals surface area contributed by atoms with E-state index in [2.05, 4.69) is 10.0 Å². The Morgan fingerprint density at radius 3 is 2.52 bits per heavy atom. The number of amides is 1. The number of rotatable bonds is 7. The first-order chi connectivity index (χ1) is 9.72. The molecule has 0 aromatic carbocycles. The summed E-state index contributed by atoms with van der Waals surface area (Å²) < 4.78 is 26.7. The fraction of sp³-hybridized carbons (Fsp3) is 0.455. The average molecular weight is 319 g/mol. The molecule has 1 atom stereocenters. The number of nitrogens with zero attached hydrogens (tertiary/aromatic N) is 1. The van der Waals surface area contributed by atoms with Crippen LogP contribution in [0.25, 0.3) is 0 Å². The Morgan fingerprint density at radius 2 is 2.05 bits per heavy atom. The zero-order chi connectivity index (χ0) is 16.2. The molecule has 1 heterocycles. The summed E-state index contributed by atoms with van der Waals surface area (Å²) in [5, 5.41) is 19.9. The Labute approximate surface area is 121 Å². The summed E-state index contributed by atoms with van der Waals surface area (Å²) in [6.07, 6.45) is 1.09. The summed E-state index contributed by atoms with van der Waals surface area (Å²) in [5.41, 5.74) is -0.00647. The standard InChI is InChI=1S/C11H17N3O6S/c1-12-21(19,20)7-5-9(14(2)6-7)10(16)13-8(3-4-15)11(17)18/h5-6,8,12,15H,3-4H2,1-2H3,(H,13,16)(H,17,18)/t8-/m0/s1. The van der Waals surface area contributed by atoms with Crippen LogP contribution >= 0.6 is 0 Å². The highest BCUT2D eigenvalue weighted by Crippen LogP contribution is 2.13. The lowest BCUT2D eigenvalue weighted by atomic mass is 10.2. The molecule has 0 spiro atoms. The second-order valence-electron chi connectivity index (χ2n) is 4.26. The van der Waals surface area contributed by atoms with E-state index in [0.29, 0.717) is 0 Å². The van der Waals surface area contributed by atoms with Gasteiger partial charge in [-0.05, 0) is 13.1 Å². The number of carbonyl (C=O) groups is 2. The van der Waals surface area contributed by atoms with Crippen molar-refractivity contribution in [2.45, 2.75) is 17.4 Å². The molecule has 9 nitrogen and oxygen atoms in total. The van der Waals surface area contributed by atoms with Crippen molar-refractivity contribution in [1.29, 1.82) is 0 Å². The quantitative estimate of drug-likeness (QED) is 0.482. The number of aromatic nitrogens is 1. The van der Waals surface area contributed by atoms with Crippen molar-refractivity contribution in [3.05, 3.63) is 18.0 Å². The Kier molecular flexibility index (Phi) is 5.47. The lowest BCUT2D eigenvalue weighted by molar-refractivity contribution is -0.139. The van der Waals surface area contributed by atoms with Crippen molar-refractivity contribution in [2.75, 3.05) is 13.7 Å². The van der Waals surface area contributed by atoms with Crippen LogP contribution in [0.2, 0.25) is 0 Å². The zero-order valence-corrected chi connectivity index (χ0v) is 12.3. The molecule has 0 aliphatic carbocycles. The number of carbonyl (C=O) groups excluding carboxylic acids is 1. The molecule has 0 aliphatic rings. The first-order valence-electron chi connectivity index (χ1n) is 5.97. The van der Waals surface area contributed by atoms with E-state index in [0.717, 1.165) is 6.07 Å². The van der Waals surface area contributed by atoms with Gasteiger partial charge >= 0.3 is 5.97 Å². The third-order valence-electron chi connectivity index (χ3n) is 2.81. The molecule has 1 rings (SSSR count). The smallest absolute Gasteiger partial charge is 0.326 e. The summed E-state index contributed by atoms with van der Waals surface area (Å²) in [4.78, 5) is 22.8. The molecule has 4 N–H and O–H groups in total. The van der Waals surface area contributed by atoms with E-state index in [-0.39, 0.29) is 17.0 Å². The van der Waals surface area contributed by atoms with Crippen LogP contribution in [-0.2, 0) is 21.9 Å². The van der Waals surface area contributed by atoms with E-state index >= 15 is 0 Å². The van der Waals surface area contributed by atoms with E-state index in [1.807, 2.05) is 0 Å². The van der Waals surface area contributed by atoms with Crippen molar-refractivity contribution >= 4 is 21.9 Å². The number of carboxylic acids is 1. The number of aliphatic hydroxyl groups excluding tert-OH is 1. The third-order valence-corrected chi connectivity index (χ3v) is 4.19. The van der Waals surface area contributed by atoms with Gasteiger partial charge in [-0.1, -0.05) is 0 Å². The molecule has 1 amide bonds. The highest BCUT2D eigenvalue weighted by Gasteiger charge is 2.23. The molecule has 21 heavy (non-hydrogen) atoms. The van der Waals surface area contributed by atoms with Crippen molar-refractivity contribution in [2.24, 2.45) is 7.05 Å². The summed E-state index contributed by atoms with van der Waals surface area (Å²) in [7, 11) is -0.992. The van der Waals surface area contributed by atoms with Gasteiger partial charge in [0.05, 0.1) is 0 Å². The lowest BCUT2D eigenvalue weighted by Crippen LogP contribution is -2.41. The highest BCUT2D eigenvalue weighted by atomic mass is 32.2. The Morgan fingerprint density at radius 1 is 1.43 bits per heavy atom. The van der Waals surface area contributed by atoms with E-state index in [1.165, 1.54) is 24.9 Å². The minimum absolute atomic E-state index is 0.00647. The minimum atomic E-state index is -3.70. The van der Waals surface area contributed by atoms with Gasteiger partial charge in [-0.25, -0.2) is 17.9 Å². The second-order valence-corrected chi connectivity index (χ2v) is 6.14. The third kappa shape index (κ3) is 4.03. The van der Waals surface area contributed by atoms with Crippen LogP contribution in [0, 0.1) is 0 Å². The number of aliphatic hydroxyl groups is 1. The molecular formula is C11H17N3O6S. The fourth-order valence-corrected chi connectivity index (χ4v) is 2.44. The molecular weight excluding hydrogens is 302 g/mol. The first kappa shape index (κ1) is 17.1. The van der Waals surface area contributed by atoms with Gasteiger partial charge in [0.25, 0.3) is 5.91 Å². The Bertz CT molecular complexity index is 636. The number of hydrogen-bond donors (Lipinski definition) is 4. The van der Waals surface area contributed by atoms with Crippen LogP contribution in [0.15, 0.2) is 17.2 Å². The summed E-state index contributed by atoms with van der Waals surface area (Å²) in [6.45, 7) is -0.399. The predicted molar refractivity (Wildman–Crippen MR) is 72.3 cm³/mol. The van der Waals surface area contributed by atoms with Crippen LogP contribution in [0.1, 0.15) is 16.9 Å². The summed E-state index contributed by atoms with van der Waals surface area (Å²) >= 11 is 0. The van der Waals surface area contributed by atoms with E-state index in [9.17, 15) is 18.0 Å². The maximum absolute atomic E-state index is 12.0. The van der Waals surface area contributed by atoms with Crippen LogP contribution in [0.3, 0.4) is 0 Å². The Hall–Kier alpha value is -1.91. The maximum Gasteiger partial charge on any atom is 0.326 e. The largest absolute Gasteiger partial charge is 0.480 e. The van der Waals surface area contributed by atoms with Gasteiger partial charge in [0, 0.05) is 26.3 Å². The van der Waals surface area contributed by atoms with Gasteiger partial charge in [0.2, 0.25) is 10.0 Å². The molecule has 0 fully saturated rings. The fourth-order valence-electron chi connectivity index (χ4n) is 1.64. The first-order valence-corrected chi connectivity index (χ1v) is 7.45. The van der Waals surface area contributed by atoms with E-state index < -0.39 is 34.5 Å². The second kappa shape index (κ2) is 6.70. The molecule has 0 saturated carbocycles. The zero-order valence-electron chi connectivity index (χ0n) is 11.5. The number of hydrogen-bond acceptors (Lipinski definition) is 5. The molecule has 1 aromatic rings. The number of carboxylic acid groups (broad SMARTS) is 1. The van der Waals surface area contributed by atoms with Crippen LogP contribution in [0.5, 0.6) is 0 Å². The van der Waals surface area contributed by atoms with Crippen molar-refractivity contribution in [3.8, 4) is 0 Å². The van der Waals surface area contributed by atoms with Crippen molar-refractivity contribution < 1.29 is 28.2 Å². The molecule has 0 bridgehead atoms. The van der Waals surface area contributed by atoms with Gasteiger partial charge in [0.15, 0.2) is 0 Å². The van der Waals surface area contributed by atoms with Crippen LogP contribution < -0.4 is 10.0 Å².